The van der Waals surface area contributed by atoms with Crippen LogP contribution in [-0.4, -0.2) is 21.8 Å². The number of carbonyl (C=O) groups excluding carboxylic acids is 1. The number of hydrogen-bond acceptors (Lipinski definition) is 4. The summed E-state index contributed by atoms with van der Waals surface area (Å²) in [6, 6.07) is 13.5. The molecule has 1 N–H and O–H groups in total. The zero-order valence-electron chi connectivity index (χ0n) is 18.5. The fourth-order valence-electron chi connectivity index (χ4n) is 5.12. The molecule has 0 aliphatic carbocycles. The molecule has 0 bridgehead atoms. The fraction of sp³-hybridized carbons (Fsp3) is 0.385. The number of ketones is 1. The SMILES string of the molecule is CC1(C)CC(CC(=O)c2ccc(Oc3cccc4cnccc34)c(Br)c2)CC(C)(C)N1. The molecule has 0 amide bonds. The Morgan fingerprint density at radius 3 is 2.55 bits per heavy atom. The van der Waals surface area contributed by atoms with Gasteiger partial charge in [-0.15, -0.1) is 0 Å². The van der Waals surface area contributed by atoms with Crippen molar-refractivity contribution in [2.45, 2.75) is 58.0 Å². The molecule has 1 aliphatic rings. The number of pyridine rings is 1. The minimum absolute atomic E-state index is 0.0406. The maximum absolute atomic E-state index is 13.0. The van der Waals surface area contributed by atoms with E-state index in [0.717, 1.165) is 39.4 Å². The van der Waals surface area contributed by atoms with Crippen molar-refractivity contribution in [3.63, 3.8) is 0 Å². The molecule has 2 aromatic carbocycles. The summed E-state index contributed by atoms with van der Waals surface area (Å²) in [4.78, 5) is 17.2. The van der Waals surface area contributed by atoms with E-state index in [4.69, 9.17) is 4.74 Å². The highest BCUT2D eigenvalue weighted by Crippen LogP contribution is 2.37. The van der Waals surface area contributed by atoms with E-state index in [2.05, 4.69) is 53.9 Å². The van der Waals surface area contributed by atoms with Gasteiger partial charge in [0, 0.05) is 46.2 Å². The third kappa shape index (κ3) is 5.16. The Morgan fingerprint density at radius 1 is 1.10 bits per heavy atom. The molecular formula is C26H29BrN2O2. The van der Waals surface area contributed by atoms with E-state index in [1.54, 1.807) is 6.20 Å². The molecule has 3 aromatic rings. The average molecular weight is 481 g/mol. The number of Topliss-reactive ketones (excluding diaryl/α,β-unsaturated/α-hetero) is 1. The molecule has 1 saturated heterocycles. The molecule has 0 atom stereocenters. The number of nitrogens with zero attached hydrogens (tertiary/aromatic N) is 1. The summed E-state index contributed by atoms with van der Waals surface area (Å²) in [7, 11) is 0. The second-order valence-corrected chi connectivity index (χ2v) is 10.7. The Bertz CT molecular complexity index is 1100. The van der Waals surface area contributed by atoms with Gasteiger partial charge in [0.1, 0.15) is 11.5 Å². The topological polar surface area (TPSA) is 51.2 Å². The van der Waals surface area contributed by atoms with E-state index in [-0.39, 0.29) is 16.9 Å². The van der Waals surface area contributed by atoms with Crippen LogP contribution in [0.15, 0.2) is 59.3 Å². The molecule has 5 heteroatoms. The Kier molecular flexibility index (Phi) is 5.93. The lowest BCUT2D eigenvalue weighted by atomic mass is 9.74. The van der Waals surface area contributed by atoms with Gasteiger partial charge in [-0.1, -0.05) is 12.1 Å². The van der Waals surface area contributed by atoms with Crippen molar-refractivity contribution in [3.8, 4) is 11.5 Å². The van der Waals surface area contributed by atoms with Gasteiger partial charge in [-0.25, -0.2) is 0 Å². The van der Waals surface area contributed by atoms with Crippen molar-refractivity contribution in [2.75, 3.05) is 0 Å². The first-order valence-electron chi connectivity index (χ1n) is 10.7. The number of benzene rings is 2. The van der Waals surface area contributed by atoms with Crippen LogP contribution < -0.4 is 10.1 Å². The largest absolute Gasteiger partial charge is 0.456 e. The molecule has 0 saturated carbocycles. The molecule has 0 spiro atoms. The van der Waals surface area contributed by atoms with E-state index in [9.17, 15) is 4.79 Å². The van der Waals surface area contributed by atoms with Gasteiger partial charge >= 0.3 is 0 Å². The van der Waals surface area contributed by atoms with Crippen LogP contribution in [-0.2, 0) is 0 Å². The predicted octanol–water partition coefficient (Wildman–Crippen LogP) is 6.92. The third-order valence-corrected chi connectivity index (χ3v) is 6.48. The number of hydrogen-bond donors (Lipinski definition) is 1. The lowest BCUT2D eigenvalue weighted by Crippen LogP contribution is -2.57. The second kappa shape index (κ2) is 8.36. The van der Waals surface area contributed by atoms with Crippen LogP contribution in [0.3, 0.4) is 0 Å². The predicted molar refractivity (Wildman–Crippen MR) is 129 cm³/mol. The third-order valence-electron chi connectivity index (χ3n) is 5.86. The van der Waals surface area contributed by atoms with Crippen LogP contribution >= 0.6 is 15.9 Å². The maximum atomic E-state index is 13.0. The van der Waals surface area contributed by atoms with Gasteiger partial charge in [0.2, 0.25) is 0 Å². The first-order valence-corrected chi connectivity index (χ1v) is 11.5. The number of rotatable bonds is 5. The van der Waals surface area contributed by atoms with Crippen LogP contribution in [0.2, 0.25) is 0 Å². The number of fused-ring (bicyclic) bond motifs is 1. The van der Waals surface area contributed by atoms with Crippen molar-refractivity contribution in [3.05, 3.63) is 64.9 Å². The van der Waals surface area contributed by atoms with Gasteiger partial charge in [0.05, 0.1) is 4.47 Å². The molecule has 4 rings (SSSR count). The molecule has 1 fully saturated rings. The lowest BCUT2D eigenvalue weighted by molar-refractivity contribution is 0.0864. The highest BCUT2D eigenvalue weighted by molar-refractivity contribution is 9.10. The standard InChI is InChI=1S/C26H29BrN2O2/c1-25(2)14-17(15-26(3,4)29-25)12-22(30)18-8-9-24(21(27)13-18)31-23-7-5-6-19-16-28-11-10-20(19)23/h5-11,13,16-17,29H,12,14-15H2,1-4H3. The number of carbonyl (C=O) groups is 1. The molecule has 162 valence electrons. The van der Waals surface area contributed by atoms with Crippen molar-refractivity contribution in [2.24, 2.45) is 5.92 Å². The van der Waals surface area contributed by atoms with Crippen molar-refractivity contribution in [1.29, 1.82) is 0 Å². The van der Waals surface area contributed by atoms with Gasteiger partial charge in [-0.2, -0.15) is 0 Å². The minimum atomic E-state index is 0.0406. The number of nitrogens with one attached hydrogen (secondary N) is 1. The maximum Gasteiger partial charge on any atom is 0.163 e. The summed E-state index contributed by atoms with van der Waals surface area (Å²) >= 11 is 3.60. The number of aromatic nitrogens is 1. The molecule has 0 unspecified atom stereocenters. The lowest BCUT2D eigenvalue weighted by Gasteiger charge is -2.46. The summed E-state index contributed by atoms with van der Waals surface area (Å²) in [5.74, 6) is 2.00. The van der Waals surface area contributed by atoms with Crippen molar-refractivity contribution >= 4 is 32.5 Å². The normalized spacial score (nSPS) is 18.1. The van der Waals surface area contributed by atoms with Gasteiger partial charge in [-0.3, -0.25) is 9.78 Å². The zero-order valence-corrected chi connectivity index (χ0v) is 20.1. The van der Waals surface area contributed by atoms with Gasteiger partial charge < -0.3 is 10.1 Å². The molecule has 1 aliphatic heterocycles. The molecule has 31 heavy (non-hydrogen) atoms. The zero-order chi connectivity index (χ0) is 22.2. The van der Waals surface area contributed by atoms with Gasteiger partial charge in [-0.05, 0) is 92.7 Å². The Labute approximate surface area is 192 Å². The molecular weight excluding hydrogens is 452 g/mol. The number of halogens is 1. The summed E-state index contributed by atoms with van der Waals surface area (Å²) in [5.41, 5.74) is 0.799. The van der Waals surface area contributed by atoms with Gasteiger partial charge in [0.15, 0.2) is 5.78 Å². The van der Waals surface area contributed by atoms with Crippen molar-refractivity contribution in [1.82, 2.24) is 10.3 Å². The Morgan fingerprint density at radius 2 is 1.84 bits per heavy atom. The van der Waals surface area contributed by atoms with Crippen LogP contribution in [0.1, 0.15) is 57.3 Å². The summed E-state index contributed by atoms with van der Waals surface area (Å²) in [6.45, 7) is 8.88. The quantitative estimate of drug-likeness (QED) is 0.402. The molecule has 0 radical (unpaired) electrons. The van der Waals surface area contributed by atoms with Crippen molar-refractivity contribution < 1.29 is 9.53 Å². The smallest absolute Gasteiger partial charge is 0.163 e. The molecule has 4 nitrogen and oxygen atoms in total. The Balaban J connectivity index is 1.50. The minimum Gasteiger partial charge on any atom is -0.456 e. The van der Waals surface area contributed by atoms with Crippen LogP contribution in [0.25, 0.3) is 10.8 Å². The summed E-state index contributed by atoms with van der Waals surface area (Å²) in [5, 5.41) is 5.71. The van der Waals surface area contributed by atoms with E-state index in [1.807, 2.05) is 48.7 Å². The summed E-state index contributed by atoms with van der Waals surface area (Å²) < 4.78 is 6.94. The first-order chi connectivity index (χ1) is 14.6. The summed E-state index contributed by atoms with van der Waals surface area (Å²) in [6.07, 6.45) is 6.15. The number of piperidine rings is 1. The molecule has 1 aromatic heterocycles. The monoisotopic (exact) mass is 480 g/mol. The molecule has 2 heterocycles. The average Bonchev–Trinajstić information content (AvgIpc) is 2.67. The first kappa shape index (κ1) is 22.0. The Hall–Kier alpha value is -2.24. The highest BCUT2D eigenvalue weighted by Gasteiger charge is 2.38. The number of ether oxygens (including phenoxy) is 1. The second-order valence-electron chi connectivity index (χ2n) is 9.89. The van der Waals surface area contributed by atoms with Crippen LogP contribution in [0.5, 0.6) is 11.5 Å². The van der Waals surface area contributed by atoms with E-state index < -0.39 is 0 Å². The van der Waals surface area contributed by atoms with Gasteiger partial charge in [0.25, 0.3) is 0 Å². The van der Waals surface area contributed by atoms with Crippen LogP contribution in [0, 0.1) is 5.92 Å². The fourth-order valence-corrected chi connectivity index (χ4v) is 5.58. The highest BCUT2D eigenvalue weighted by atomic mass is 79.9. The van der Waals surface area contributed by atoms with Crippen LogP contribution in [0.4, 0.5) is 0 Å². The van der Waals surface area contributed by atoms with E-state index >= 15 is 0 Å². The van der Waals surface area contributed by atoms with E-state index in [1.165, 1.54) is 0 Å². The van der Waals surface area contributed by atoms with E-state index in [0.29, 0.717) is 18.1 Å².